The number of carbonyl (C=O) groups excluding carboxylic acids is 1. The van der Waals surface area contributed by atoms with Gasteiger partial charge in [0.05, 0.1) is 17.5 Å². The third-order valence-corrected chi connectivity index (χ3v) is 6.60. The van der Waals surface area contributed by atoms with Gasteiger partial charge >= 0.3 is 5.97 Å². The number of aryl methyl sites for hydroxylation is 2. The van der Waals surface area contributed by atoms with Gasteiger partial charge in [0.25, 0.3) is 0 Å². The van der Waals surface area contributed by atoms with Crippen LogP contribution in [0.2, 0.25) is 0 Å². The van der Waals surface area contributed by atoms with Crippen LogP contribution in [-0.2, 0) is 16.0 Å². The molecule has 0 saturated carbocycles. The van der Waals surface area contributed by atoms with Crippen LogP contribution < -0.4 is 5.32 Å². The Morgan fingerprint density at radius 1 is 1.10 bits per heavy atom. The molecule has 2 N–H and O–H groups in total. The molecule has 2 unspecified atom stereocenters. The number of carboxylic acid groups (broad SMARTS) is 1. The quantitative estimate of drug-likeness (QED) is 0.618. The van der Waals surface area contributed by atoms with Crippen molar-refractivity contribution in [2.75, 3.05) is 5.32 Å². The van der Waals surface area contributed by atoms with Crippen LogP contribution in [0.25, 0.3) is 11.3 Å². The van der Waals surface area contributed by atoms with E-state index < -0.39 is 17.8 Å². The first-order chi connectivity index (χ1) is 13.8. The normalized spacial score (nSPS) is 19.3. The third kappa shape index (κ3) is 4.75. The fraction of sp³-hybridized carbons (Fsp3) is 0.435. The van der Waals surface area contributed by atoms with E-state index in [1.54, 1.807) is 0 Å². The number of benzene rings is 1. The fourth-order valence-electron chi connectivity index (χ4n) is 3.86. The van der Waals surface area contributed by atoms with Crippen LogP contribution in [0.15, 0.2) is 35.4 Å². The smallest absolute Gasteiger partial charge is 0.307 e. The fourth-order valence-corrected chi connectivity index (χ4v) is 4.70. The van der Waals surface area contributed by atoms with Gasteiger partial charge in [-0.25, -0.2) is 4.98 Å². The number of nitrogens with one attached hydrogen (secondary N) is 1. The summed E-state index contributed by atoms with van der Waals surface area (Å²) in [7, 11) is 0. The van der Waals surface area contributed by atoms with Gasteiger partial charge < -0.3 is 10.4 Å². The van der Waals surface area contributed by atoms with E-state index in [-0.39, 0.29) is 5.91 Å². The topological polar surface area (TPSA) is 79.3 Å². The molecule has 1 aliphatic carbocycles. The van der Waals surface area contributed by atoms with E-state index in [1.165, 1.54) is 16.9 Å². The van der Waals surface area contributed by atoms with Crippen molar-refractivity contribution in [2.45, 2.75) is 53.4 Å². The first-order valence-electron chi connectivity index (χ1n) is 10.1. The van der Waals surface area contributed by atoms with Crippen LogP contribution in [0.3, 0.4) is 0 Å². The summed E-state index contributed by atoms with van der Waals surface area (Å²) in [5, 5.41) is 13.0. The number of amides is 1. The number of carboxylic acids is 1. The predicted molar refractivity (Wildman–Crippen MR) is 117 cm³/mol. The Morgan fingerprint density at radius 2 is 1.72 bits per heavy atom. The lowest BCUT2D eigenvalue weighted by atomic mass is 9.76. The average Bonchev–Trinajstić information content (AvgIpc) is 3.04. The monoisotopic (exact) mass is 412 g/mol. The standard InChI is InChI=1S/C23H28N2O3S/c1-5-6-16-7-9-17(10-8-16)20-15(4)29-23(24-20)25-21(26)18-11-13(2)14(3)12-19(18)22(27)28/h7-10,18-19H,5-6,11-12H2,1-4H3,(H,27,28)(H,24,25,26). The Balaban J connectivity index is 1.77. The Hall–Kier alpha value is -2.47. The van der Waals surface area contributed by atoms with Gasteiger partial charge in [0.15, 0.2) is 5.13 Å². The molecule has 2 atom stereocenters. The zero-order valence-electron chi connectivity index (χ0n) is 17.4. The zero-order chi connectivity index (χ0) is 21.1. The Bertz CT molecular complexity index is 944. The lowest BCUT2D eigenvalue weighted by Gasteiger charge is -2.29. The lowest BCUT2D eigenvalue weighted by Crippen LogP contribution is -2.36. The van der Waals surface area contributed by atoms with Gasteiger partial charge in [0.1, 0.15) is 0 Å². The number of rotatable bonds is 6. The SMILES string of the molecule is CCCc1ccc(-c2nc(NC(=O)C3CC(C)=C(C)CC3C(=O)O)sc2C)cc1. The van der Waals surface area contributed by atoms with E-state index in [2.05, 4.69) is 41.5 Å². The molecule has 1 aliphatic rings. The summed E-state index contributed by atoms with van der Waals surface area (Å²) < 4.78 is 0. The minimum absolute atomic E-state index is 0.261. The van der Waals surface area contributed by atoms with E-state index in [4.69, 9.17) is 0 Å². The van der Waals surface area contributed by atoms with Crippen molar-refractivity contribution in [2.24, 2.45) is 11.8 Å². The second-order valence-electron chi connectivity index (χ2n) is 7.88. The Kier molecular flexibility index (Phi) is 6.52. The van der Waals surface area contributed by atoms with Gasteiger partial charge in [-0.2, -0.15) is 0 Å². The van der Waals surface area contributed by atoms with E-state index in [9.17, 15) is 14.7 Å². The number of carbonyl (C=O) groups is 2. The number of aromatic nitrogens is 1. The highest BCUT2D eigenvalue weighted by atomic mass is 32.1. The predicted octanol–water partition coefficient (Wildman–Crippen LogP) is 5.46. The second kappa shape index (κ2) is 8.91. The molecule has 154 valence electrons. The number of hydrogen-bond donors (Lipinski definition) is 2. The van der Waals surface area contributed by atoms with Gasteiger partial charge in [0, 0.05) is 10.4 Å². The maximum atomic E-state index is 12.9. The molecule has 2 aromatic rings. The molecule has 0 fully saturated rings. The molecular formula is C23H28N2O3S. The largest absolute Gasteiger partial charge is 0.481 e. The maximum Gasteiger partial charge on any atom is 0.307 e. The molecule has 29 heavy (non-hydrogen) atoms. The molecular weight excluding hydrogens is 384 g/mol. The first-order valence-corrected chi connectivity index (χ1v) is 10.9. The summed E-state index contributed by atoms with van der Waals surface area (Å²) >= 11 is 1.42. The van der Waals surface area contributed by atoms with Gasteiger partial charge in [-0.3, -0.25) is 9.59 Å². The van der Waals surface area contributed by atoms with E-state index >= 15 is 0 Å². The summed E-state index contributed by atoms with van der Waals surface area (Å²) in [5.74, 6) is -2.44. The second-order valence-corrected chi connectivity index (χ2v) is 9.08. The maximum absolute atomic E-state index is 12.9. The molecule has 1 amide bonds. The number of anilines is 1. The van der Waals surface area contributed by atoms with Crippen molar-refractivity contribution in [1.29, 1.82) is 0 Å². The molecule has 1 aromatic heterocycles. The zero-order valence-corrected chi connectivity index (χ0v) is 18.2. The third-order valence-electron chi connectivity index (χ3n) is 5.71. The van der Waals surface area contributed by atoms with Crippen LogP contribution >= 0.6 is 11.3 Å². The molecule has 0 bridgehead atoms. The summed E-state index contributed by atoms with van der Waals surface area (Å²) in [6, 6.07) is 8.37. The summed E-state index contributed by atoms with van der Waals surface area (Å²) in [6.45, 7) is 8.07. The molecule has 3 rings (SSSR count). The number of aliphatic carboxylic acids is 1. The van der Waals surface area contributed by atoms with E-state index in [0.29, 0.717) is 18.0 Å². The van der Waals surface area contributed by atoms with Crippen molar-refractivity contribution >= 4 is 28.3 Å². The highest BCUT2D eigenvalue weighted by Crippen LogP contribution is 2.36. The van der Waals surface area contributed by atoms with Crippen molar-refractivity contribution in [3.8, 4) is 11.3 Å². The average molecular weight is 413 g/mol. The minimum atomic E-state index is -0.917. The first kappa shape index (κ1) is 21.2. The number of allylic oxidation sites excluding steroid dienone is 2. The Labute approximate surface area is 175 Å². The molecule has 0 spiro atoms. The van der Waals surface area contributed by atoms with Crippen molar-refractivity contribution in [1.82, 2.24) is 4.98 Å². The summed E-state index contributed by atoms with van der Waals surface area (Å²) in [5.41, 5.74) is 5.35. The van der Waals surface area contributed by atoms with Gasteiger partial charge in [0.2, 0.25) is 5.91 Å². The molecule has 1 aromatic carbocycles. The number of nitrogens with zero attached hydrogens (tertiary/aromatic N) is 1. The van der Waals surface area contributed by atoms with Crippen LogP contribution in [0.4, 0.5) is 5.13 Å². The molecule has 5 nitrogen and oxygen atoms in total. The number of thiazole rings is 1. The lowest BCUT2D eigenvalue weighted by molar-refractivity contribution is -0.146. The van der Waals surface area contributed by atoms with Crippen molar-refractivity contribution in [3.63, 3.8) is 0 Å². The minimum Gasteiger partial charge on any atom is -0.481 e. The van der Waals surface area contributed by atoms with Crippen molar-refractivity contribution < 1.29 is 14.7 Å². The molecule has 6 heteroatoms. The van der Waals surface area contributed by atoms with Crippen LogP contribution in [0.1, 0.15) is 50.5 Å². The van der Waals surface area contributed by atoms with Gasteiger partial charge in [-0.15, -0.1) is 11.3 Å². The molecule has 0 saturated heterocycles. The number of hydrogen-bond acceptors (Lipinski definition) is 4. The van der Waals surface area contributed by atoms with E-state index in [0.717, 1.165) is 40.1 Å². The van der Waals surface area contributed by atoms with Crippen LogP contribution in [0, 0.1) is 18.8 Å². The van der Waals surface area contributed by atoms with Crippen LogP contribution in [-0.4, -0.2) is 22.0 Å². The molecule has 0 aliphatic heterocycles. The van der Waals surface area contributed by atoms with Gasteiger partial charge in [-0.05, 0) is 45.6 Å². The molecule has 0 radical (unpaired) electrons. The summed E-state index contributed by atoms with van der Waals surface area (Å²) in [6.07, 6.45) is 3.06. The molecule has 1 heterocycles. The summed E-state index contributed by atoms with van der Waals surface area (Å²) in [4.78, 5) is 30.2. The van der Waals surface area contributed by atoms with Crippen LogP contribution in [0.5, 0.6) is 0 Å². The highest BCUT2D eigenvalue weighted by Gasteiger charge is 2.37. The Morgan fingerprint density at radius 3 is 2.31 bits per heavy atom. The van der Waals surface area contributed by atoms with Crippen molar-refractivity contribution in [3.05, 3.63) is 45.9 Å². The highest BCUT2D eigenvalue weighted by molar-refractivity contribution is 7.16. The van der Waals surface area contributed by atoms with Gasteiger partial charge in [-0.1, -0.05) is 48.8 Å². The van der Waals surface area contributed by atoms with E-state index in [1.807, 2.05) is 20.8 Å².